The Morgan fingerprint density at radius 2 is 2.21 bits per heavy atom. The topological polar surface area (TPSA) is 51.5 Å². The molecule has 1 aromatic heterocycles. The maximum Gasteiger partial charge on any atom is 0.254 e. The van der Waals surface area contributed by atoms with Crippen LogP contribution in [0, 0.1) is 18.3 Å². The van der Waals surface area contributed by atoms with Crippen LogP contribution in [-0.4, -0.2) is 25.2 Å². The van der Waals surface area contributed by atoms with E-state index in [1.807, 2.05) is 0 Å². The van der Waals surface area contributed by atoms with Crippen LogP contribution in [0.4, 0.5) is 0 Å². The van der Waals surface area contributed by atoms with Crippen LogP contribution >= 0.6 is 0 Å². The second-order valence-electron chi connectivity index (χ2n) is 6.31. The van der Waals surface area contributed by atoms with Gasteiger partial charge in [0.25, 0.3) is 5.91 Å². The van der Waals surface area contributed by atoms with Gasteiger partial charge in [0.05, 0.1) is 17.9 Å². The summed E-state index contributed by atoms with van der Waals surface area (Å²) in [5.74, 6) is 0.981. The fraction of sp³-hybridized carbons (Fsp3) is 0.667. The largest absolute Gasteiger partial charge is 0.469 e. The predicted octanol–water partition coefficient (Wildman–Crippen LogP) is 2.77. The molecule has 0 unspecified atom stereocenters. The molecule has 0 aromatic carbocycles. The number of nitrogens with one attached hydrogen (secondary N) is 1. The van der Waals surface area contributed by atoms with E-state index in [9.17, 15) is 4.79 Å². The lowest BCUT2D eigenvalue weighted by molar-refractivity contribution is 0.00737. The Labute approximate surface area is 114 Å². The number of rotatable bonds is 3. The average molecular weight is 265 g/mol. The van der Waals surface area contributed by atoms with Crippen molar-refractivity contribution in [1.82, 2.24) is 5.32 Å². The third-order valence-corrected chi connectivity index (χ3v) is 3.70. The van der Waals surface area contributed by atoms with E-state index >= 15 is 0 Å². The van der Waals surface area contributed by atoms with Crippen molar-refractivity contribution in [1.29, 1.82) is 0 Å². The molecule has 4 nitrogen and oxygen atoms in total. The van der Waals surface area contributed by atoms with Crippen LogP contribution in [-0.2, 0) is 4.74 Å². The zero-order valence-corrected chi connectivity index (χ0v) is 12.2. The van der Waals surface area contributed by atoms with Gasteiger partial charge >= 0.3 is 0 Å². The summed E-state index contributed by atoms with van der Waals surface area (Å²) in [7, 11) is 0. The summed E-state index contributed by atoms with van der Waals surface area (Å²) in [5, 5.41) is 2.99. The molecule has 4 heteroatoms. The smallest absolute Gasteiger partial charge is 0.254 e. The lowest BCUT2D eigenvalue weighted by Crippen LogP contribution is -2.38. The molecule has 1 aliphatic heterocycles. The van der Waals surface area contributed by atoms with Gasteiger partial charge in [-0.3, -0.25) is 4.79 Å². The van der Waals surface area contributed by atoms with Gasteiger partial charge in [0.2, 0.25) is 0 Å². The monoisotopic (exact) mass is 265 g/mol. The average Bonchev–Trinajstić information content (AvgIpc) is 2.93. The molecule has 0 spiro atoms. The number of carbonyl (C=O) groups excluding carboxylic acids is 1. The summed E-state index contributed by atoms with van der Waals surface area (Å²) in [6.45, 7) is 9.78. The summed E-state index contributed by atoms with van der Waals surface area (Å²) in [4.78, 5) is 12.0. The molecule has 1 amide bonds. The van der Waals surface area contributed by atoms with Crippen LogP contribution in [0.15, 0.2) is 16.7 Å². The molecule has 1 saturated heterocycles. The number of furan rings is 1. The Balaban J connectivity index is 1.92. The van der Waals surface area contributed by atoms with E-state index in [0.29, 0.717) is 23.8 Å². The molecular weight excluding hydrogens is 242 g/mol. The van der Waals surface area contributed by atoms with Crippen LogP contribution in [0.1, 0.15) is 43.3 Å². The van der Waals surface area contributed by atoms with E-state index < -0.39 is 0 Å². The summed E-state index contributed by atoms with van der Waals surface area (Å²) in [6, 6.07) is 1.71. The standard InChI is InChI=1S/C15H23NO3/c1-10-12(6-8-18-10)14(17)16-9-11-5-7-19-13(11)15(2,3)4/h6,8,11,13H,5,7,9H2,1-4H3,(H,16,17)/t11-,13+/m1/s1. The van der Waals surface area contributed by atoms with Crippen molar-refractivity contribution in [2.75, 3.05) is 13.2 Å². The maximum absolute atomic E-state index is 12.0. The van der Waals surface area contributed by atoms with Crippen LogP contribution in [0.3, 0.4) is 0 Å². The van der Waals surface area contributed by atoms with Gasteiger partial charge in [-0.05, 0) is 24.8 Å². The molecule has 2 atom stereocenters. The van der Waals surface area contributed by atoms with Crippen molar-refractivity contribution in [3.8, 4) is 0 Å². The van der Waals surface area contributed by atoms with Gasteiger partial charge in [-0.15, -0.1) is 0 Å². The molecule has 2 heterocycles. The zero-order valence-electron chi connectivity index (χ0n) is 12.2. The number of aryl methyl sites for hydroxylation is 1. The van der Waals surface area contributed by atoms with Crippen LogP contribution in [0.5, 0.6) is 0 Å². The number of hydrogen-bond acceptors (Lipinski definition) is 3. The highest BCUT2D eigenvalue weighted by Gasteiger charge is 2.37. The van der Waals surface area contributed by atoms with E-state index in [-0.39, 0.29) is 17.4 Å². The number of carbonyl (C=O) groups is 1. The highest BCUT2D eigenvalue weighted by molar-refractivity contribution is 5.95. The van der Waals surface area contributed by atoms with Gasteiger partial charge in [0.15, 0.2) is 0 Å². The minimum Gasteiger partial charge on any atom is -0.469 e. The molecule has 1 aromatic rings. The molecule has 0 radical (unpaired) electrons. The van der Waals surface area contributed by atoms with Crippen LogP contribution in [0.25, 0.3) is 0 Å². The Bertz CT molecular complexity index is 444. The Hall–Kier alpha value is -1.29. The minimum atomic E-state index is -0.0641. The fourth-order valence-corrected chi connectivity index (χ4v) is 2.74. The van der Waals surface area contributed by atoms with Crippen LogP contribution in [0.2, 0.25) is 0 Å². The highest BCUT2D eigenvalue weighted by atomic mass is 16.5. The summed E-state index contributed by atoms with van der Waals surface area (Å²) in [5.41, 5.74) is 0.725. The molecule has 1 fully saturated rings. The number of hydrogen-bond donors (Lipinski definition) is 1. The number of ether oxygens (including phenoxy) is 1. The molecule has 1 N–H and O–H groups in total. The minimum absolute atomic E-state index is 0.0641. The third kappa shape index (κ3) is 3.18. The molecule has 106 valence electrons. The van der Waals surface area contributed by atoms with Gasteiger partial charge in [-0.25, -0.2) is 0 Å². The van der Waals surface area contributed by atoms with Crippen LogP contribution < -0.4 is 5.32 Å². The van der Waals surface area contributed by atoms with Crippen molar-refractivity contribution < 1.29 is 13.9 Å². The van der Waals surface area contributed by atoms with E-state index in [0.717, 1.165) is 13.0 Å². The summed E-state index contributed by atoms with van der Waals surface area (Å²) in [6.07, 6.45) is 2.76. The van der Waals surface area contributed by atoms with Crippen molar-refractivity contribution >= 4 is 5.91 Å². The molecule has 0 saturated carbocycles. The van der Waals surface area contributed by atoms with Crippen molar-refractivity contribution in [3.63, 3.8) is 0 Å². The first-order chi connectivity index (χ1) is 8.89. The molecule has 2 rings (SSSR count). The lowest BCUT2D eigenvalue weighted by atomic mass is 9.81. The number of amides is 1. The van der Waals surface area contributed by atoms with Gasteiger partial charge in [-0.2, -0.15) is 0 Å². The Morgan fingerprint density at radius 1 is 1.47 bits per heavy atom. The lowest BCUT2D eigenvalue weighted by Gasteiger charge is -2.31. The van der Waals surface area contributed by atoms with Gasteiger partial charge in [0.1, 0.15) is 5.76 Å². The first kappa shape index (κ1) is 14.1. The first-order valence-corrected chi connectivity index (χ1v) is 6.83. The third-order valence-electron chi connectivity index (χ3n) is 3.70. The van der Waals surface area contributed by atoms with E-state index in [1.165, 1.54) is 0 Å². The predicted molar refractivity (Wildman–Crippen MR) is 73.1 cm³/mol. The maximum atomic E-state index is 12.0. The molecular formula is C15H23NO3. The van der Waals surface area contributed by atoms with E-state index in [2.05, 4.69) is 26.1 Å². The Kier molecular flexibility index (Phi) is 3.99. The molecule has 0 aliphatic carbocycles. The van der Waals surface area contributed by atoms with Crippen molar-refractivity contribution in [2.45, 2.75) is 40.2 Å². The van der Waals surface area contributed by atoms with E-state index in [1.54, 1.807) is 19.3 Å². The second-order valence-corrected chi connectivity index (χ2v) is 6.31. The van der Waals surface area contributed by atoms with Gasteiger partial charge < -0.3 is 14.5 Å². The first-order valence-electron chi connectivity index (χ1n) is 6.83. The quantitative estimate of drug-likeness (QED) is 0.914. The fourth-order valence-electron chi connectivity index (χ4n) is 2.74. The zero-order chi connectivity index (χ0) is 14.0. The van der Waals surface area contributed by atoms with Crippen molar-refractivity contribution in [2.24, 2.45) is 11.3 Å². The summed E-state index contributed by atoms with van der Waals surface area (Å²) < 4.78 is 11.0. The molecule has 1 aliphatic rings. The normalized spacial score (nSPS) is 23.6. The molecule has 0 bridgehead atoms. The SMILES string of the molecule is Cc1occc1C(=O)NC[C@H]1CCO[C@@H]1C(C)(C)C. The second kappa shape index (κ2) is 5.37. The van der Waals surface area contributed by atoms with Crippen molar-refractivity contribution in [3.05, 3.63) is 23.7 Å². The van der Waals surface area contributed by atoms with E-state index in [4.69, 9.17) is 9.15 Å². The molecule has 19 heavy (non-hydrogen) atoms. The highest BCUT2D eigenvalue weighted by Crippen LogP contribution is 2.34. The summed E-state index contributed by atoms with van der Waals surface area (Å²) >= 11 is 0. The van der Waals surface area contributed by atoms with Gasteiger partial charge in [-0.1, -0.05) is 20.8 Å². The Morgan fingerprint density at radius 3 is 2.79 bits per heavy atom. The van der Waals surface area contributed by atoms with Gasteiger partial charge in [0, 0.05) is 19.1 Å².